The van der Waals surface area contributed by atoms with E-state index < -0.39 is 29.1 Å². The van der Waals surface area contributed by atoms with Crippen LogP contribution >= 0.6 is 11.9 Å². The van der Waals surface area contributed by atoms with Crippen molar-refractivity contribution in [2.24, 2.45) is 5.73 Å². The van der Waals surface area contributed by atoms with Gasteiger partial charge in [0.05, 0.1) is 24.1 Å². The summed E-state index contributed by atoms with van der Waals surface area (Å²) in [5, 5.41) is 36.2. The molecule has 240 valence electrons. The predicted molar refractivity (Wildman–Crippen MR) is 170 cm³/mol. The Hall–Kier alpha value is -3.69. The van der Waals surface area contributed by atoms with Crippen LogP contribution in [-0.4, -0.2) is 85.1 Å². The summed E-state index contributed by atoms with van der Waals surface area (Å²) < 4.78 is 1.14. The lowest BCUT2D eigenvalue weighted by atomic mass is 9.94. The molecule has 14 heteroatoms. The van der Waals surface area contributed by atoms with Gasteiger partial charge in [0.1, 0.15) is 18.4 Å². The number of aromatic nitrogens is 2. The third kappa shape index (κ3) is 15.9. The molecule has 1 atom stereocenters. The van der Waals surface area contributed by atoms with Crippen molar-refractivity contribution in [3.63, 3.8) is 0 Å². The Balaban J connectivity index is 0. The van der Waals surface area contributed by atoms with Crippen LogP contribution in [0.25, 0.3) is 12.2 Å². The Morgan fingerprint density at radius 1 is 1.19 bits per heavy atom. The molecule has 0 aliphatic carbocycles. The maximum Gasteiger partial charge on any atom is 0.300 e. The Labute approximate surface area is 258 Å². The number of nitrogens with zero attached hydrogens (tertiary/aromatic N) is 3. The summed E-state index contributed by atoms with van der Waals surface area (Å²) in [6.07, 6.45) is 12.8. The highest BCUT2D eigenvalue weighted by atomic mass is 32.2. The molecule has 0 saturated carbocycles. The summed E-state index contributed by atoms with van der Waals surface area (Å²) in [4.78, 5) is 46.6. The second-order valence-corrected chi connectivity index (χ2v) is 9.47. The molecule has 1 aliphatic rings. The number of hydrogen-bond acceptors (Lipinski definition) is 11. The number of hydrogen-bond donors (Lipinski definition) is 6. The molecule has 2 rings (SSSR count). The number of nitrogens with two attached hydrogens (primary N) is 1. The first-order valence-corrected chi connectivity index (χ1v) is 14.4. The molecule has 2 heterocycles. The van der Waals surface area contributed by atoms with Crippen molar-refractivity contribution in [2.45, 2.75) is 65.4 Å². The number of carbonyl (C=O) groups is 3. The third-order valence-electron chi connectivity index (χ3n) is 4.81. The SMILES string of the molecule is C=Cc1ncc(C(=O)NCC(N)=O)nc1C=C.CC.CCC.CO/[NH+]=C/C=C\C=C\SN1CCCC(C)(O)C(=O)C1(O)O. The van der Waals surface area contributed by atoms with Gasteiger partial charge in [0.2, 0.25) is 17.9 Å². The molecule has 1 aromatic rings. The normalized spacial score (nSPS) is 17.8. The van der Waals surface area contributed by atoms with E-state index in [-0.39, 0.29) is 25.2 Å². The number of rotatable bonds is 10. The second kappa shape index (κ2) is 22.9. The fourth-order valence-electron chi connectivity index (χ4n) is 2.91. The summed E-state index contributed by atoms with van der Waals surface area (Å²) in [6, 6.07) is 0. The summed E-state index contributed by atoms with van der Waals surface area (Å²) in [5.41, 5.74) is 4.24. The van der Waals surface area contributed by atoms with E-state index in [1.54, 1.807) is 29.9 Å². The van der Waals surface area contributed by atoms with Gasteiger partial charge in [-0.25, -0.2) is 4.98 Å². The lowest BCUT2D eigenvalue weighted by Crippen LogP contribution is -2.66. The third-order valence-corrected chi connectivity index (χ3v) is 5.78. The van der Waals surface area contributed by atoms with Crippen LogP contribution in [0.2, 0.25) is 0 Å². The van der Waals surface area contributed by atoms with Crippen LogP contribution < -0.4 is 16.2 Å². The highest BCUT2D eigenvalue weighted by Gasteiger charge is 2.51. The van der Waals surface area contributed by atoms with Crippen LogP contribution in [0.15, 0.2) is 43.0 Å². The Kier molecular flexibility index (Phi) is 22.0. The van der Waals surface area contributed by atoms with Crippen molar-refractivity contribution in [3.8, 4) is 0 Å². The zero-order valence-electron chi connectivity index (χ0n) is 25.9. The standard InChI is InChI=1S/C13H20N2O5S.C11H12N4O2.C3H8.C2H6/c1-12(17)7-6-9-15(13(18,19)11(12)16)21-10-5-3-4-8-14-20-2;1-3-7-8(4-2)15-9(5-13-7)11(17)14-6-10(12)16;1-3-2;1-2/h3-5,8,10,17-19H,6-7,9H2,1-2H3;3-5H,1-2,6H2,(H2,12,16)(H,14,17);3H2,1-2H3;1-2H3/p+1/b4-3-,10-5+,14-8+;;;. The number of ketones is 1. The smallest absolute Gasteiger partial charge is 0.300 e. The van der Waals surface area contributed by atoms with Gasteiger partial charge >= 0.3 is 0 Å². The largest absolute Gasteiger partial charge is 0.382 e. The number of allylic oxidation sites excluding steroid dienone is 3. The lowest BCUT2D eigenvalue weighted by molar-refractivity contribution is -0.740. The van der Waals surface area contributed by atoms with E-state index in [4.69, 9.17) is 5.73 Å². The molecule has 43 heavy (non-hydrogen) atoms. The number of amides is 2. The van der Waals surface area contributed by atoms with E-state index in [1.165, 1.54) is 38.8 Å². The lowest BCUT2D eigenvalue weighted by Gasteiger charge is -2.32. The quantitative estimate of drug-likeness (QED) is 0.0710. The number of carbonyl (C=O) groups excluding carboxylic acids is 3. The molecule has 1 unspecified atom stereocenters. The maximum atomic E-state index is 11.9. The van der Waals surface area contributed by atoms with Gasteiger partial charge in [-0.3, -0.25) is 24.2 Å². The van der Waals surface area contributed by atoms with Crippen LogP contribution in [0.5, 0.6) is 0 Å². The van der Waals surface area contributed by atoms with Crippen LogP contribution in [-0.2, 0) is 14.4 Å². The van der Waals surface area contributed by atoms with Gasteiger partial charge in [0.25, 0.3) is 11.8 Å². The van der Waals surface area contributed by atoms with E-state index in [0.717, 1.165) is 16.3 Å². The molecular weight excluding hydrogens is 576 g/mol. The molecule has 0 radical (unpaired) electrons. The first kappa shape index (κ1) is 41.4. The van der Waals surface area contributed by atoms with Crippen LogP contribution in [0.1, 0.15) is 75.8 Å². The van der Waals surface area contributed by atoms with E-state index in [0.29, 0.717) is 17.8 Å². The summed E-state index contributed by atoms with van der Waals surface area (Å²) in [5.74, 6) is -4.85. The van der Waals surface area contributed by atoms with Crippen molar-refractivity contribution in [1.82, 2.24) is 19.6 Å². The van der Waals surface area contributed by atoms with Crippen molar-refractivity contribution in [1.29, 1.82) is 0 Å². The van der Waals surface area contributed by atoms with Crippen molar-refractivity contribution in [3.05, 3.63) is 60.1 Å². The molecular formula is C29H47N6O7S+. The summed E-state index contributed by atoms with van der Waals surface area (Å²) >= 11 is 0.990. The Morgan fingerprint density at radius 2 is 1.79 bits per heavy atom. The van der Waals surface area contributed by atoms with Gasteiger partial charge in [-0.15, -0.1) is 0 Å². The summed E-state index contributed by atoms with van der Waals surface area (Å²) in [7, 11) is 1.49. The van der Waals surface area contributed by atoms with E-state index >= 15 is 0 Å². The van der Waals surface area contributed by atoms with Crippen molar-refractivity contribution >= 4 is 47.9 Å². The number of primary amides is 1. The topological polar surface area (TPSA) is 202 Å². The minimum absolute atomic E-state index is 0.0896. The van der Waals surface area contributed by atoms with Gasteiger partial charge in [0.15, 0.2) is 0 Å². The first-order valence-electron chi connectivity index (χ1n) is 13.6. The van der Waals surface area contributed by atoms with Crippen molar-refractivity contribution in [2.75, 3.05) is 20.2 Å². The predicted octanol–water partition coefficient (Wildman–Crippen LogP) is 0.892. The van der Waals surface area contributed by atoms with E-state index in [9.17, 15) is 29.7 Å². The number of Topliss-reactive ketones (excluding diaryl/α,β-unsaturated/α-hetero) is 1. The second-order valence-electron chi connectivity index (χ2n) is 8.54. The highest BCUT2D eigenvalue weighted by molar-refractivity contribution is 7.99. The average molecular weight is 624 g/mol. The molecule has 1 fully saturated rings. The van der Waals surface area contributed by atoms with Crippen LogP contribution in [0, 0.1) is 0 Å². The Bertz CT molecular complexity index is 1120. The van der Waals surface area contributed by atoms with Gasteiger partial charge in [0, 0.05) is 12.6 Å². The molecule has 1 saturated heterocycles. The zero-order chi connectivity index (χ0) is 33.5. The minimum Gasteiger partial charge on any atom is -0.382 e. The highest BCUT2D eigenvalue weighted by Crippen LogP contribution is 2.31. The van der Waals surface area contributed by atoms with Crippen LogP contribution in [0.3, 0.4) is 0 Å². The maximum absolute atomic E-state index is 11.9. The minimum atomic E-state index is -2.69. The van der Waals surface area contributed by atoms with Gasteiger partial charge in [-0.1, -0.05) is 59.4 Å². The number of nitrogens with one attached hydrogen (secondary N) is 2. The molecule has 1 aliphatic heterocycles. The number of aliphatic hydroxyl groups is 3. The molecule has 13 nitrogen and oxygen atoms in total. The molecule has 0 bridgehead atoms. The van der Waals surface area contributed by atoms with Gasteiger partial charge < -0.3 is 26.4 Å². The Morgan fingerprint density at radius 3 is 2.33 bits per heavy atom. The van der Waals surface area contributed by atoms with Crippen LogP contribution in [0.4, 0.5) is 0 Å². The van der Waals surface area contributed by atoms with Gasteiger partial charge in [-0.2, -0.15) is 4.31 Å². The fourth-order valence-corrected chi connectivity index (χ4v) is 3.68. The van der Waals surface area contributed by atoms with Crippen molar-refractivity contribution < 1.29 is 39.7 Å². The molecule has 0 spiro atoms. The summed E-state index contributed by atoms with van der Waals surface area (Å²) in [6.45, 7) is 16.7. The zero-order valence-corrected chi connectivity index (χ0v) is 26.7. The average Bonchev–Trinajstić information content (AvgIpc) is 3.06. The van der Waals surface area contributed by atoms with E-state index in [1.807, 2.05) is 13.8 Å². The molecule has 7 N–H and O–H groups in total. The first-order chi connectivity index (χ1) is 20.3. The van der Waals surface area contributed by atoms with Gasteiger partial charge in [-0.05, 0) is 54.4 Å². The van der Waals surface area contributed by atoms with E-state index in [2.05, 4.69) is 52.3 Å². The molecule has 2 amide bonds. The molecule has 1 aromatic heterocycles. The monoisotopic (exact) mass is 623 g/mol. The molecule has 0 aromatic carbocycles. The fraction of sp³-hybridized carbons (Fsp3) is 0.448.